The molecule has 0 aliphatic heterocycles. The summed E-state index contributed by atoms with van der Waals surface area (Å²) in [5.41, 5.74) is 4.06. The number of benzene rings is 2. The van der Waals surface area contributed by atoms with E-state index in [1.807, 2.05) is 18.4 Å². The predicted octanol–water partition coefficient (Wildman–Crippen LogP) is 5.04. The second-order valence-corrected chi connectivity index (χ2v) is 7.28. The molecule has 0 radical (unpaired) electrons. The van der Waals surface area contributed by atoms with Crippen molar-refractivity contribution in [1.29, 1.82) is 0 Å². The molecule has 0 aliphatic carbocycles. The van der Waals surface area contributed by atoms with E-state index >= 15 is 0 Å². The molecular formula is C17H13ClN2OS2. The van der Waals surface area contributed by atoms with E-state index in [9.17, 15) is 4.79 Å². The van der Waals surface area contributed by atoms with Crippen molar-refractivity contribution in [2.75, 3.05) is 6.26 Å². The quantitative estimate of drug-likeness (QED) is 0.402. The Balaban J connectivity index is 1.82. The number of rotatable bonds is 4. The summed E-state index contributed by atoms with van der Waals surface area (Å²) in [6, 6.07) is 14.9. The Morgan fingerprint density at radius 1 is 1.26 bits per heavy atom. The summed E-state index contributed by atoms with van der Waals surface area (Å²) in [4.78, 5) is 12.1. The van der Waals surface area contributed by atoms with Crippen LogP contribution in [0.3, 0.4) is 0 Å². The third-order valence-electron chi connectivity index (χ3n) is 3.23. The highest BCUT2D eigenvalue weighted by molar-refractivity contribution is 8.00. The molecule has 0 unspecified atom stereocenters. The van der Waals surface area contributed by atoms with Crippen molar-refractivity contribution in [3.05, 3.63) is 64.7 Å². The topological polar surface area (TPSA) is 41.5 Å². The van der Waals surface area contributed by atoms with Gasteiger partial charge in [-0.3, -0.25) is 4.79 Å². The molecule has 0 atom stereocenters. The Kier molecular flexibility index (Phi) is 5.00. The fraction of sp³-hybridized carbons (Fsp3) is 0.0588. The molecule has 116 valence electrons. The van der Waals surface area contributed by atoms with Gasteiger partial charge in [0.25, 0.3) is 5.91 Å². The molecule has 3 aromatic rings. The van der Waals surface area contributed by atoms with E-state index in [1.54, 1.807) is 53.6 Å². The van der Waals surface area contributed by atoms with Gasteiger partial charge < -0.3 is 0 Å². The zero-order chi connectivity index (χ0) is 16.2. The summed E-state index contributed by atoms with van der Waals surface area (Å²) in [5, 5.41) is 5.77. The van der Waals surface area contributed by atoms with E-state index in [1.165, 1.54) is 8.91 Å². The predicted molar refractivity (Wildman–Crippen MR) is 100 cm³/mol. The Labute approximate surface area is 147 Å². The van der Waals surface area contributed by atoms with Crippen LogP contribution in [0.1, 0.15) is 15.9 Å². The van der Waals surface area contributed by atoms with E-state index in [0.29, 0.717) is 10.6 Å². The van der Waals surface area contributed by atoms with Crippen molar-refractivity contribution < 1.29 is 4.79 Å². The van der Waals surface area contributed by atoms with Gasteiger partial charge in [-0.1, -0.05) is 35.9 Å². The van der Waals surface area contributed by atoms with Gasteiger partial charge in [-0.25, -0.2) is 5.43 Å². The Bertz CT molecular complexity index is 889. The largest absolute Gasteiger partial charge is 0.271 e. The highest BCUT2D eigenvalue weighted by Crippen LogP contribution is 2.35. The number of amides is 1. The van der Waals surface area contributed by atoms with Gasteiger partial charge in [-0.2, -0.15) is 5.10 Å². The maximum atomic E-state index is 12.1. The first-order valence-corrected chi connectivity index (χ1v) is 9.25. The number of carbonyl (C=O) groups excluding carboxylic acids is 1. The molecule has 1 amide bonds. The summed E-state index contributed by atoms with van der Waals surface area (Å²) in [6.45, 7) is 0. The summed E-state index contributed by atoms with van der Waals surface area (Å²) >= 11 is 9.29. The van der Waals surface area contributed by atoms with E-state index < -0.39 is 0 Å². The van der Waals surface area contributed by atoms with Crippen LogP contribution in [0.2, 0.25) is 5.02 Å². The van der Waals surface area contributed by atoms with Crippen LogP contribution in [0.5, 0.6) is 0 Å². The number of carbonyl (C=O) groups is 1. The molecular weight excluding hydrogens is 348 g/mol. The summed E-state index contributed by atoms with van der Waals surface area (Å²) < 4.78 is 2.38. The molecule has 0 spiro atoms. The molecule has 0 fully saturated rings. The van der Waals surface area contributed by atoms with E-state index in [-0.39, 0.29) is 5.91 Å². The molecule has 0 saturated carbocycles. The lowest BCUT2D eigenvalue weighted by molar-refractivity contribution is 0.0955. The van der Waals surface area contributed by atoms with Crippen LogP contribution in [0, 0.1) is 0 Å². The number of thiophene rings is 1. The maximum absolute atomic E-state index is 12.1. The average Bonchev–Trinajstić information content (AvgIpc) is 2.93. The maximum Gasteiger partial charge on any atom is 0.271 e. The van der Waals surface area contributed by atoms with Crippen LogP contribution in [-0.2, 0) is 0 Å². The van der Waals surface area contributed by atoms with Gasteiger partial charge in [-0.15, -0.1) is 23.1 Å². The van der Waals surface area contributed by atoms with Gasteiger partial charge in [-0.05, 0) is 30.5 Å². The molecule has 3 rings (SSSR count). The third-order valence-corrected chi connectivity index (χ3v) is 5.79. The minimum absolute atomic E-state index is 0.283. The van der Waals surface area contributed by atoms with Crippen molar-refractivity contribution in [1.82, 2.24) is 5.43 Å². The van der Waals surface area contributed by atoms with E-state index in [0.717, 1.165) is 10.9 Å². The first-order valence-electron chi connectivity index (χ1n) is 6.83. The normalized spacial score (nSPS) is 11.2. The fourth-order valence-corrected chi connectivity index (χ4v) is 4.25. The third kappa shape index (κ3) is 3.58. The molecule has 23 heavy (non-hydrogen) atoms. The second kappa shape index (κ2) is 7.17. The van der Waals surface area contributed by atoms with E-state index in [2.05, 4.69) is 22.7 Å². The number of nitrogens with one attached hydrogen (secondary N) is 1. The lowest BCUT2D eigenvalue weighted by Crippen LogP contribution is -2.17. The van der Waals surface area contributed by atoms with Crippen molar-refractivity contribution in [2.24, 2.45) is 5.10 Å². The Hall–Kier alpha value is -1.82. The van der Waals surface area contributed by atoms with Gasteiger partial charge in [0.2, 0.25) is 0 Å². The molecule has 0 aliphatic rings. The van der Waals surface area contributed by atoms with E-state index in [4.69, 9.17) is 11.6 Å². The van der Waals surface area contributed by atoms with Crippen LogP contribution in [-0.4, -0.2) is 18.4 Å². The SMILES string of the molecule is CSc1sc2ccccc2c1/C=N\NC(=O)c1cccc(Cl)c1. The molecule has 0 saturated heterocycles. The average molecular weight is 361 g/mol. The van der Waals surface area contributed by atoms with Crippen molar-refractivity contribution in [3.8, 4) is 0 Å². The summed E-state index contributed by atoms with van der Waals surface area (Å²) in [7, 11) is 0. The molecule has 6 heteroatoms. The smallest absolute Gasteiger partial charge is 0.267 e. The Morgan fingerprint density at radius 3 is 2.87 bits per heavy atom. The van der Waals surface area contributed by atoms with Crippen LogP contribution >= 0.6 is 34.7 Å². The zero-order valence-electron chi connectivity index (χ0n) is 12.2. The van der Waals surface area contributed by atoms with Gasteiger partial charge in [0.15, 0.2) is 0 Å². The van der Waals surface area contributed by atoms with Crippen molar-refractivity contribution >= 4 is 56.9 Å². The number of hydrazone groups is 1. The molecule has 2 aromatic carbocycles. The van der Waals surface area contributed by atoms with Gasteiger partial charge >= 0.3 is 0 Å². The van der Waals surface area contributed by atoms with Crippen LogP contribution < -0.4 is 5.43 Å². The Morgan fingerprint density at radius 2 is 2.09 bits per heavy atom. The standard InChI is InChI=1S/C17H13ClN2OS2/c1-22-17-14(13-7-2-3-8-15(13)23-17)10-19-20-16(21)11-5-4-6-12(18)9-11/h2-10H,1H3,(H,20,21)/b19-10-. The lowest BCUT2D eigenvalue weighted by atomic mass is 10.2. The molecule has 1 aromatic heterocycles. The van der Waals surface area contributed by atoms with Gasteiger partial charge in [0.05, 0.1) is 10.4 Å². The van der Waals surface area contributed by atoms with Crippen LogP contribution in [0.15, 0.2) is 57.8 Å². The van der Waals surface area contributed by atoms with Gasteiger partial charge in [0, 0.05) is 26.2 Å². The minimum Gasteiger partial charge on any atom is -0.267 e. The molecule has 1 heterocycles. The highest BCUT2D eigenvalue weighted by Gasteiger charge is 2.09. The number of halogens is 1. The van der Waals surface area contributed by atoms with Crippen molar-refractivity contribution in [3.63, 3.8) is 0 Å². The number of hydrogen-bond donors (Lipinski definition) is 1. The molecule has 3 nitrogen and oxygen atoms in total. The first-order chi connectivity index (χ1) is 11.2. The van der Waals surface area contributed by atoms with Gasteiger partial charge in [0.1, 0.15) is 0 Å². The monoisotopic (exact) mass is 360 g/mol. The van der Waals surface area contributed by atoms with Crippen LogP contribution in [0.4, 0.5) is 0 Å². The fourth-order valence-electron chi connectivity index (χ4n) is 2.17. The highest BCUT2D eigenvalue weighted by atomic mass is 35.5. The minimum atomic E-state index is -0.283. The zero-order valence-corrected chi connectivity index (χ0v) is 14.6. The number of nitrogens with zero attached hydrogens (tertiary/aromatic N) is 1. The summed E-state index contributed by atoms with van der Waals surface area (Å²) in [6.07, 6.45) is 3.74. The second-order valence-electron chi connectivity index (χ2n) is 4.71. The first kappa shape index (κ1) is 16.1. The van der Waals surface area contributed by atoms with Crippen molar-refractivity contribution in [2.45, 2.75) is 4.21 Å². The number of thioether (sulfide) groups is 1. The summed E-state index contributed by atoms with van der Waals surface area (Å²) in [5.74, 6) is -0.283. The van der Waals surface area contributed by atoms with Crippen LogP contribution in [0.25, 0.3) is 10.1 Å². The number of hydrogen-bond acceptors (Lipinski definition) is 4. The lowest BCUT2D eigenvalue weighted by Gasteiger charge is -2.00. The number of fused-ring (bicyclic) bond motifs is 1. The molecule has 1 N–H and O–H groups in total. The molecule has 0 bridgehead atoms.